The van der Waals surface area contributed by atoms with Crippen LogP contribution < -0.4 is 16.2 Å². The van der Waals surface area contributed by atoms with E-state index in [0.29, 0.717) is 47.9 Å². The molecule has 3 heterocycles. The molecule has 4 aromatic rings. The highest BCUT2D eigenvalue weighted by atomic mass is 19.1. The van der Waals surface area contributed by atoms with E-state index in [4.69, 9.17) is 10.5 Å². The Hall–Kier alpha value is -4.65. The zero-order valence-electron chi connectivity index (χ0n) is 18.8. The average Bonchev–Trinajstić information content (AvgIpc) is 3.44. The lowest BCUT2D eigenvalue weighted by molar-refractivity contribution is -0.124. The van der Waals surface area contributed by atoms with Crippen molar-refractivity contribution in [1.29, 1.82) is 0 Å². The number of imidazole rings is 1. The Morgan fingerprint density at radius 1 is 1.11 bits per heavy atom. The number of carbonyl (C=O) groups excluding carboxylic acids is 1. The fourth-order valence-corrected chi connectivity index (χ4v) is 4.26. The molecule has 1 saturated heterocycles. The van der Waals surface area contributed by atoms with Crippen LogP contribution in [0.15, 0.2) is 59.7 Å². The maximum atomic E-state index is 13.6. The van der Waals surface area contributed by atoms with Crippen molar-refractivity contribution in [3.8, 4) is 29.0 Å². The van der Waals surface area contributed by atoms with Crippen molar-refractivity contribution in [3.63, 3.8) is 0 Å². The number of anilines is 1. The number of nitrogens with two attached hydrogens (primary N) is 1. The minimum Gasteiger partial charge on any atom is -0.457 e. The zero-order chi connectivity index (χ0) is 24.5. The molecule has 1 amide bonds. The van der Waals surface area contributed by atoms with Crippen molar-refractivity contribution in [2.45, 2.75) is 19.4 Å². The quantitative estimate of drug-likeness (QED) is 0.458. The monoisotopic (exact) mass is 472 g/mol. The molecule has 0 spiro atoms. The summed E-state index contributed by atoms with van der Waals surface area (Å²) >= 11 is 0. The van der Waals surface area contributed by atoms with Gasteiger partial charge in [-0.25, -0.2) is 19.2 Å². The summed E-state index contributed by atoms with van der Waals surface area (Å²) in [6.07, 6.45) is 1.91. The molecule has 1 aliphatic heterocycles. The number of fused-ring (bicyclic) bond motifs is 1. The summed E-state index contributed by atoms with van der Waals surface area (Å²) in [5.74, 6) is 5.71. The van der Waals surface area contributed by atoms with E-state index in [2.05, 4.69) is 21.8 Å². The lowest BCUT2D eigenvalue weighted by Gasteiger charge is -2.14. The number of hydrogen-bond acceptors (Lipinski definition) is 6. The second-order valence-corrected chi connectivity index (χ2v) is 8.04. The first-order chi connectivity index (χ1) is 17.0. The van der Waals surface area contributed by atoms with E-state index in [1.54, 1.807) is 40.7 Å². The molecule has 10 heteroatoms. The molecule has 0 aliphatic carbocycles. The van der Waals surface area contributed by atoms with E-state index in [9.17, 15) is 14.0 Å². The SMILES string of the molecule is CC#CC(=O)N1CCC(n2c(=O)n(-c3ccc(Oc4ccc(F)cc4)cc3)c3c(N)ncnc32)C1. The first-order valence-corrected chi connectivity index (χ1v) is 10.9. The van der Waals surface area contributed by atoms with Crippen molar-refractivity contribution in [1.82, 2.24) is 24.0 Å². The first kappa shape index (κ1) is 22.2. The second-order valence-electron chi connectivity index (χ2n) is 8.04. The molecule has 1 unspecified atom stereocenters. The number of aromatic nitrogens is 4. The fourth-order valence-electron chi connectivity index (χ4n) is 4.26. The smallest absolute Gasteiger partial charge is 0.335 e. The highest BCUT2D eigenvalue weighted by molar-refractivity contribution is 5.93. The summed E-state index contributed by atoms with van der Waals surface area (Å²) in [6.45, 7) is 2.45. The number of likely N-dealkylation sites (tertiary alicyclic amines) is 1. The van der Waals surface area contributed by atoms with Gasteiger partial charge in [0.05, 0.1) is 11.7 Å². The van der Waals surface area contributed by atoms with Gasteiger partial charge in [0.25, 0.3) is 5.91 Å². The number of hydrogen-bond donors (Lipinski definition) is 1. The number of nitrogens with zero attached hydrogens (tertiary/aromatic N) is 5. The zero-order valence-corrected chi connectivity index (χ0v) is 18.8. The average molecular weight is 472 g/mol. The van der Waals surface area contributed by atoms with Crippen LogP contribution in [0.4, 0.5) is 10.2 Å². The van der Waals surface area contributed by atoms with Gasteiger partial charge in [-0.05, 0) is 67.8 Å². The standard InChI is InChI=1S/C25H21FN6O3/c1-2-3-21(33)30-13-12-18(14-30)32-24-22(23(27)28-15-29-24)31(25(32)34)17-6-10-20(11-7-17)35-19-8-4-16(26)5-9-19/h4-11,15,18H,12-14H2,1H3,(H2,27,28,29). The molecule has 1 aliphatic rings. The van der Waals surface area contributed by atoms with E-state index in [-0.39, 0.29) is 29.3 Å². The van der Waals surface area contributed by atoms with Crippen molar-refractivity contribution in [3.05, 3.63) is 71.2 Å². The van der Waals surface area contributed by atoms with Crippen LogP contribution in [0.1, 0.15) is 19.4 Å². The lowest BCUT2D eigenvalue weighted by Crippen LogP contribution is -2.31. The van der Waals surface area contributed by atoms with Crippen molar-refractivity contribution in [2.75, 3.05) is 18.8 Å². The number of ether oxygens (including phenoxy) is 1. The Bertz CT molecular complexity index is 1530. The first-order valence-electron chi connectivity index (χ1n) is 10.9. The Kier molecular flexibility index (Phi) is 5.66. The van der Waals surface area contributed by atoms with Gasteiger partial charge in [-0.1, -0.05) is 5.92 Å². The molecule has 0 radical (unpaired) electrons. The Labute approximate surface area is 199 Å². The van der Waals surface area contributed by atoms with Crippen LogP contribution in [0.25, 0.3) is 16.9 Å². The molecule has 2 N–H and O–H groups in total. The Balaban J connectivity index is 1.52. The van der Waals surface area contributed by atoms with Gasteiger partial charge in [0, 0.05) is 13.1 Å². The summed E-state index contributed by atoms with van der Waals surface area (Å²) in [7, 11) is 0. The van der Waals surface area contributed by atoms with Gasteiger partial charge in [0.1, 0.15) is 29.2 Å². The Morgan fingerprint density at radius 2 is 1.80 bits per heavy atom. The summed E-state index contributed by atoms with van der Waals surface area (Å²) < 4.78 is 21.9. The largest absolute Gasteiger partial charge is 0.457 e. The van der Waals surface area contributed by atoms with Crippen LogP contribution in [0.3, 0.4) is 0 Å². The van der Waals surface area contributed by atoms with E-state index < -0.39 is 0 Å². The van der Waals surface area contributed by atoms with Crippen molar-refractivity contribution in [2.24, 2.45) is 0 Å². The third-order valence-electron chi connectivity index (χ3n) is 5.87. The Morgan fingerprint density at radius 3 is 2.49 bits per heavy atom. The normalized spacial score (nSPS) is 15.1. The molecule has 9 nitrogen and oxygen atoms in total. The minimum atomic E-state index is -0.351. The molecule has 2 aromatic carbocycles. The number of rotatable bonds is 4. The van der Waals surface area contributed by atoms with Crippen LogP contribution in [-0.4, -0.2) is 43.0 Å². The molecule has 5 rings (SSSR count). The van der Waals surface area contributed by atoms with Crippen molar-refractivity contribution >= 4 is 22.9 Å². The molecular formula is C25H21FN6O3. The predicted octanol–water partition coefficient (Wildman–Crippen LogP) is 2.89. The molecule has 2 aromatic heterocycles. The van der Waals surface area contributed by atoms with E-state index in [0.717, 1.165) is 0 Å². The van der Waals surface area contributed by atoms with Crippen molar-refractivity contribution < 1.29 is 13.9 Å². The fraction of sp³-hybridized carbons (Fsp3) is 0.200. The second kappa shape index (κ2) is 8.95. The van der Waals surface area contributed by atoms with Crippen LogP contribution in [0.2, 0.25) is 0 Å². The third-order valence-corrected chi connectivity index (χ3v) is 5.87. The van der Waals surface area contributed by atoms with E-state index >= 15 is 0 Å². The molecular weight excluding hydrogens is 451 g/mol. The van der Waals surface area contributed by atoms with E-state index in [1.807, 2.05) is 0 Å². The van der Waals surface area contributed by atoms with Crippen LogP contribution in [0, 0.1) is 17.7 Å². The molecule has 176 valence electrons. The summed E-state index contributed by atoms with van der Waals surface area (Å²) in [5.41, 5.74) is 7.18. The highest BCUT2D eigenvalue weighted by Gasteiger charge is 2.31. The topological polar surface area (TPSA) is 108 Å². The number of amides is 1. The maximum Gasteiger partial charge on any atom is 0.335 e. The van der Waals surface area contributed by atoms with Crippen LogP contribution in [0.5, 0.6) is 11.5 Å². The maximum absolute atomic E-state index is 13.6. The lowest BCUT2D eigenvalue weighted by atomic mass is 10.2. The van der Waals surface area contributed by atoms with Crippen LogP contribution >= 0.6 is 0 Å². The summed E-state index contributed by atoms with van der Waals surface area (Å²) in [4.78, 5) is 35.9. The minimum absolute atomic E-state index is 0.167. The molecule has 0 bridgehead atoms. The third kappa shape index (κ3) is 4.08. The van der Waals surface area contributed by atoms with Gasteiger partial charge in [-0.2, -0.15) is 0 Å². The van der Waals surface area contributed by atoms with Gasteiger partial charge in [-0.3, -0.25) is 13.9 Å². The molecule has 35 heavy (non-hydrogen) atoms. The van der Waals surface area contributed by atoms with Gasteiger partial charge in [-0.15, -0.1) is 0 Å². The number of carbonyl (C=O) groups is 1. The van der Waals surface area contributed by atoms with Gasteiger partial charge < -0.3 is 15.4 Å². The summed E-state index contributed by atoms with van der Waals surface area (Å²) in [5, 5.41) is 0. The summed E-state index contributed by atoms with van der Waals surface area (Å²) in [6, 6.07) is 12.3. The number of nitrogen functional groups attached to an aromatic ring is 1. The predicted molar refractivity (Wildman–Crippen MR) is 128 cm³/mol. The van der Waals surface area contributed by atoms with E-state index in [1.165, 1.54) is 35.2 Å². The molecule has 1 atom stereocenters. The van der Waals surface area contributed by atoms with Gasteiger partial charge in [0.2, 0.25) is 0 Å². The molecule has 1 fully saturated rings. The number of halogens is 1. The highest BCUT2D eigenvalue weighted by Crippen LogP contribution is 2.28. The molecule has 0 saturated carbocycles. The van der Waals surface area contributed by atoms with Gasteiger partial charge in [0.15, 0.2) is 11.5 Å². The van der Waals surface area contributed by atoms with Gasteiger partial charge >= 0.3 is 5.69 Å². The number of benzene rings is 2. The van der Waals surface area contributed by atoms with Crippen LogP contribution in [-0.2, 0) is 4.79 Å².